The Balaban J connectivity index is 4.23. The molecular weight excluding hydrogens is 254 g/mol. The van der Waals surface area contributed by atoms with Crippen LogP contribution in [-0.4, -0.2) is 47.9 Å². The van der Waals surface area contributed by atoms with Gasteiger partial charge in [-0.1, -0.05) is 0 Å². The van der Waals surface area contributed by atoms with Crippen molar-refractivity contribution in [3.8, 4) is 0 Å². The molecule has 0 amide bonds. The Morgan fingerprint density at radius 1 is 1.00 bits per heavy atom. The number of carbonyl (C=O) groups is 1. The largest absolute Gasteiger partial charge is 0.480 e. The Hall–Kier alpha value is -2.39. The molecule has 2 unspecified atom stereocenters. The molecule has 0 aromatic rings. The zero-order valence-corrected chi connectivity index (χ0v) is 10.1. The molecule has 0 rings (SSSR count). The first-order valence-electron chi connectivity index (χ1n) is 5.56. The molecule has 102 valence electrons. The highest BCUT2D eigenvalue weighted by Crippen LogP contribution is 2.11. The van der Waals surface area contributed by atoms with E-state index in [1.165, 1.54) is 18.2 Å². The molecule has 0 aromatic heterocycles. The van der Waals surface area contributed by atoms with Gasteiger partial charge in [0.25, 0.3) is 0 Å². The van der Waals surface area contributed by atoms with Gasteiger partial charge in [0, 0.05) is 0 Å². The topological polar surface area (TPSA) is 126 Å². The maximum absolute atomic E-state index is 10.7. The Morgan fingerprint density at radius 3 is 2.21 bits per heavy atom. The van der Waals surface area contributed by atoms with Gasteiger partial charge in [0.05, 0.1) is 12.6 Å². The smallest absolute Gasteiger partial charge is 0.329 e. The number of carboxylic acids is 1. The lowest BCUT2D eigenvalue weighted by Crippen LogP contribution is -2.18. The fourth-order valence-electron chi connectivity index (χ4n) is 1.46. The monoisotopic (exact) mass is 267 g/mol. The van der Waals surface area contributed by atoms with Crippen LogP contribution in [0.3, 0.4) is 0 Å². The summed E-state index contributed by atoms with van der Waals surface area (Å²) in [6, 6.07) is -1.52. The van der Waals surface area contributed by atoms with Gasteiger partial charge < -0.3 is 5.11 Å². The highest BCUT2D eigenvalue weighted by Gasteiger charge is 2.16. The summed E-state index contributed by atoms with van der Waals surface area (Å²) in [5, 5.41) is 8.73. The van der Waals surface area contributed by atoms with Crippen LogP contribution in [0.1, 0.15) is 25.7 Å². The van der Waals surface area contributed by atoms with Crippen LogP contribution in [0, 0.1) is 0 Å². The van der Waals surface area contributed by atoms with Gasteiger partial charge in [-0.25, -0.2) is 29.2 Å². The third-order valence-corrected chi connectivity index (χ3v) is 2.38. The summed E-state index contributed by atoms with van der Waals surface area (Å²) >= 11 is 0. The summed E-state index contributed by atoms with van der Waals surface area (Å²) < 4.78 is 0. The maximum atomic E-state index is 10.7. The number of nitrogens with zero attached hydrogens (tertiary/aromatic N) is 3. The fraction of sp³-hybridized carbons (Fsp3) is 0.636. The van der Waals surface area contributed by atoms with Crippen molar-refractivity contribution in [2.75, 3.05) is 6.54 Å². The second-order valence-electron chi connectivity index (χ2n) is 3.64. The summed E-state index contributed by atoms with van der Waals surface area (Å²) in [5.41, 5.74) is 0. The highest BCUT2D eigenvalue weighted by molar-refractivity contribution is 5.74. The Morgan fingerprint density at radius 2 is 1.68 bits per heavy atom. The summed E-state index contributed by atoms with van der Waals surface area (Å²) in [7, 11) is 0. The molecule has 8 heteroatoms. The van der Waals surface area contributed by atoms with Crippen LogP contribution in [0.5, 0.6) is 0 Å². The number of isocyanates is 3. The molecule has 2 atom stereocenters. The molecule has 1 N–H and O–H groups in total. The molecule has 8 nitrogen and oxygen atoms in total. The van der Waals surface area contributed by atoms with Crippen LogP contribution in [-0.2, 0) is 19.2 Å². The number of carbonyl (C=O) groups excluding carboxylic acids is 3. The van der Waals surface area contributed by atoms with Gasteiger partial charge in [0.1, 0.15) is 0 Å². The summed E-state index contributed by atoms with van der Waals surface area (Å²) in [5.74, 6) is -1.20. The molecule has 0 saturated carbocycles. The Bertz CT molecular complexity index is 430. The van der Waals surface area contributed by atoms with Gasteiger partial charge in [-0.3, -0.25) is 0 Å². The molecule has 0 aliphatic heterocycles. The zero-order chi connectivity index (χ0) is 14.5. The minimum atomic E-state index is -1.20. The lowest BCUT2D eigenvalue weighted by atomic mass is 10.0. The average Bonchev–Trinajstić information content (AvgIpc) is 2.37. The molecular formula is C11H13N3O5. The van der Waals surface area contributed by atoms with Gasteiger partial charge in [-0.2, -0.15) is 4.99 Å². The van der Waals surface area contributed by atoms with Crippen molar-refractivity contribution in [3.63, 3.8) is 0 Å². The minimum Gasteiger partial charge on any atom is -0.480 e. The van der Waals surface area contributed by atoms with Crippen LogP contribution >= 0.6 is 0 Å². The van der Waals surface area contributed by atoms with Crippen molar-refractivity contribution >= 4 is 24.2 Å². The van der Waals surface area contributed by atoms with Crippen molar-refractivity contribution in [3.05, 3.63) is 0 Å². The molecule has 0 spiro atoms. The van der Waals surface area contributed by atoms with E-state index < -0.39 is 12.0 Å². The predicted molar refractivity (Wildman–Crippen MR) is 62.9 cm³/mol. The van der Waals surface area contributed by atoms with Gasteiger partial charge in [0.15, 0.2) is 6.04 Å². The number of rotatable bonds is 10. The van der Waals surface area contributed by atoms with Crippen molar-refractivity contribution < 1.29 is 24.3 Å². The van der Waals surface area contributed by atoms with Crippen molar-refractivity contribution in [1.82, 2.24) is 0 Å². The van der Waals surface area contributed by atoms with E-state index in [9.17, 15) is 19.2 Å². The molecule has 0 radical (unpaired) electrons. The standard InChI is InChI=1S/C11H13N3O5/c15-6-12-5-4-9(13-7-16)2-1-3-10(11(18)19)14-8-17/h9-10H,1-5H2,(H,18,19). The molecule has 0 bridgehead atoms. The molecule has 0 heterocycles. The third-order valence-electron chi connectivity index (χ3n) is 2.38. The molecule has 0 saturated heterocycles. The van der Waals surface area contributed by atoms with Crippen LogP contribution < -0.4 is 0 Å². The number of hydrogen-bond donors (Lipinski definition) is 1. The Labute approximate surface area is 109 Å². The quantitative estimate of drug-likeness (QED) is 0.452. The van der Waals surface area contributed by atoms with Crippen LogP contribution in [0.15, 0.2) is 15.0 Å². The van der Waals surface area contributed by atoms with E-state index in [0.717, 1.165) is 0 Å². The van der Waals surface area contributed by atoms with E-state index in [2.05, 4.69) is 15.0 Å². The summed E-state index contributed by atoms with van der Waals surface area (Å²) in [6.07, 6.45) is 5.33. The number of carboxylic acid groups (broad SMARTS) is 1. The Kier molecular flexibility index (Phi) is 9.39. The SMILES string of the molecule is O=C=NCCC(CCCC(N=C=O)C(=O)O)N=C=O. The first-order valence-corrected chi connectivity index (χ1v) is 5.56. The first-order chi connectivity index (χ1) is 9.15. The van der Waals surface area contributed by atoms with Crippen molar-refractivity contribution in [2.24, 2.45) is 15.0 Å². The van der Waals surface area contributed by atoms with Crippen LogP contribution in [0.4, 0.5) is 0 Å². The van der Waals surface area contributed by atoms with Gasteiger partial charge in [-0.15, -0.1) is 0 Å². The van der Waals surface area contributed by atoms with Crippen LogP contribution in [0.25, 0.3) is 0 Å². The van der Waals surface area contributed by atoms with Gasteiger partial charge in [0.2, 0.25) is 18.2 Å². The lowest BCUT2D eigenvalue weighted by molar-refractivity contribution is -0.138. The number of aliphatic imine (C=N–C) groups is 3. The number of aliphatic carboxylic acids is 1. The molecule has 0 fully saturated rings. The number of hydrogen-bond acceptors (Lipinski definition) is 7. The highest BCUT2D eigenvalue weighted by atomic mass is 16.4. The van der Waals surface area contributed by atoms with E-state index in [4.69, 9.17) is 5.11 Å². The van der Waals surface area contributed by atoms with E-state index in [1.807, 2.05) is 0 Å². The van der Waals surface area contributed by atoms with E-state index >= 15 is 0 Å². The summed E-state index contributed by atoms with van der Waals surface area (Å²) in [4.78, 5) is 50.8. The lowest BCUT2D eigenvalue weighted by Gasteiger charge is -2.09. The van der Waals surface area contributed by atoms with Gasteiger partial charge in [-0.05, 0) is 25.7 Å². The van der Waals surface area contributed by atoms with Crippen LogP contribution in [0.2, 0.25) is 0 Å². The molecule has 19 heavy (non-hydrogen) atoms. The minimum absolute atomic E-state index is 0.145. The van der Waals surface area contributed by atoms with E-state index in [1.54, 1.807) is 0 Å². The predicted octanol–water partition coefficient (Wildman–Crippen LogP) is 0.376. The third kappa shape index (κ3) is 8.35. The second kappa shape index (κ2) is 10.7. The molecule has 0 aliphatic carbocycles. The summed E-state index contributed by atoms with van der Waals surface area (Å²) in [6.45, 7) is 0.189. The van der Waals surface area contributed by atoms with Crippen molar-refractivity contribution in [1.29, 1.82) is 0 Å². The first kappa shape index (κ1) is 16.6. The zero-order valence-electron chi connectivity index (χ0n) is 10.1. The van der Waals surface area contributed by atoms with Crippen molar-refractivity contribution in [2.45, 2.75) is 37.8 Å². The second-order valence-corrected chi connectivity index (χ2v) is 3.64. The normalized spacial score (nSPS) is 12.2. The maximum Gasteiger partial charge on any atom is 0.329 e. The average molecular weight is 267 g/mol. The van der Waals surface area contributed by atoms with E-state index in [-0.39, 0.29) is 19.0 Å². The molecule has 0 aliphatic rings. The van der Waals surface area contributed by atoms with Gasteiger partial charge >= 0.3 is 5.97 Å². The fourth-order valence-corrected chi connectivity index (χ4v) is 1.46. The van der Waals surface area contributed by atoms with E-state index in [0.29, 0.717) is 19.3 Å². The molecule has 0 aromatic carbocycles.